The molecule has 5 nitrogen and oxygen atoms in total. The van der Waals surface area contributed by atoms with Gasteiger partial charge in [0, 0.05) is 0 Å². The lowest BCUT2D eigenvalue weighted by Crippen LogP contribution is -2.55. The zero-order valence-electron chi connectivity index (χ0n) is 14.9. The fourth-order valence-corrected chi connectivity index (χ4v) is 4.02. The molecule has 134 valence electrons. The van der Waals surface area contributed by atoms with E-state index in [9.17, 15) is 0 Å². The van der Waals surface area contributed by atoms with E-state index in [-0.39, 0.29) is 29.9 Å². The quantitative estimate of drug-likeness (QED) is 0.809. The van der Waals surface area contributed by atoms with Crippen molar-refractivity contribution in [2.75, 3.05) is 13.4 Å². The average Bonchev–Trinajstić information content (AvgIpc) is 2.90. The number of fused-ring (bicyclic) bond motifs is 1. The molecule has 1 aromatic rings. The smallest absolute Gasteiger partial charge is 0.164 e. The largest absolute Gasteiger partial charge is 0.497 e. The van der Waals surface area contributed by atoms with Crippen LogP contribution in [-0.4, -0.2) is 49.0 Å². The monoisotopic (exact) mass is 354 g/mol. The molecular weight excluding hydrogens is 328 g/mol. The summed E-state index contributed by atoms with van der Waals surface area (Å²) in [6, 6.07) is 7.88. The molecule has 0 aromatic heterocycles. The molecule has 0 N–H and O–H groups in total. The SMILES string of the molecule is COc1ccc(CO[C@H]2[C@@H]3OC(C)(C)O[C@@H]3[C@H](C)O[C@@H]2SC)cc1. The second-order valence-corrected chi connectivity index (χ2v) is 7.57. The van der Waals surface area contributed by atoms with Crippen molar-refractivity contribution in [2.45, 2.75) is 63.0 Å². The first-order chi connectivity index (χ1) is 11.4. The zero-order valence-corrected chi connectivity index (χ0v) is 15.7. The molecule has 0 spiro atoms. The van der Waals surface area contributed by atoms with Gasteiger partial charge in [0.2, 0.25) is 0 Å². The number of methoxy groups -OCH3 is 1. The summed E-state index contributed by atoms with van der Waals surface area (Å²) < 4.78 is 29.6. The fourth-order valence-electron chi connectivity index (χ4n) is 3.23. The molecule has 2 fully saturated rings. The molecule has 2 aliphatic rings. The maximum atomic E-state index is 6.21. The van der Waals surface area contributed by atoms with Crippen LogP contribution < -0.4 is 4.74 Å². The molecular formula is C18H26O5S. The summed E-state index contributed by atoms with van der Waals surface area (Å²) in [5.74, 6) is 0.229. The van der Waals surface area contributed by atoms with Crippen LogP contribution in [0, 0.1) is 0 Å². The Morgan fingerprint density at radius 2 is 1.79 bits per heavy atom. The number of hydrogen-bond donors (Lipinski definition) is 0. The van der Waals surface area contributed by atoms with Crippen LogP contribution >= 0.6 is 11.8 Å². The minimum atomic E-state index is -0.609. The van der Waals surface area contributed by atoms with Crippen LogP contribution in [0.3, 0.4) is 0 Å². The molecule has 24 heavy (non-hydrogen) atoms. The summed E-state index contributed by atoms with van der Waals surface area (Å²) in [5.41, 5.74) is 1.01. The van der Waals surface area contributed by atoms with Gasteiger partial charge in [-0.25, -0.2) is 0 Å². The van der Waals surface area contributed by atoms with E-state index < -0.39 is 5.79 Å². The van der Waals surface area contributed by atoms with Gasteiger partial charge in [-0.15, -0.1) is 11.8 Å². The molecule has 6 heteroatoms. The topological polar surface area (TPSA) is 46.2 Å². The maximum Gasteiger partial charge on any atom is 0.164 e. The molecule has 0 saturated carbocycles. The molecule has 1 aromatic carbocycles. The van der Waals surface area contributed by atoms with Crippen LogP contribution in [0.2, 0.25) is 0 Å². The lowest BCUT2D eigenvalue weighted by molar-refractivity contribution is -0.175. The van der Waals surface area contributed by atoms with Crippen LogP contribution in [0.5, 0.6) is 5.75 Å². The van der Waals surface area contributed by atoms with Crippen molar-refractivity contribution in [1.82, 2.24) is 0 Å². The van der Waals surface area contributed by atoms with Crippen LogP contribution in [0.15, 0.2) is 24.3 Å². The molecule has 2 aliphatic heterocycles. The third-order valence-electron chi connectivity index (χ3n) is 4.40. The Labute approximate surface area is 147 Å². The number of hydrogen-bond acceptors (Lipinski definition) is 6. The highest BCUT2D eigenvalue weighted by molar-refractivity contribution is 7.99. The molecule has 3 rings (SSSR count). The minimum Gasteiger partial charge on any atom is -0.497 e. The second-order valence-electron chi connectivity index (χ2n) is 6.63. The van der Waals surface area contributed by atoms with E-state index in [2.05, 4.69) is 0 Å². The summed E-state index contributed by atoms with van der Waals surface area (Å²) >= 11 is 1.65. The number of benzene rings is 1. The Kier molecular flexibility index (Phi) is 5.42. The highest BCUT2D eigenvalue weighted by Gasteiger charge is 2.54. The number of thioether (sulfide) groups is 1. The van der Waals surface area contributed by atoms with Gasteiger partial charge < -0.3 is 23.7 Å². The Morgan fingerprint density at radius 3 is 2.42 bits per heavy atom. The Balaban J connectivity index is 1.71. The van der Waals surface area contributed by atoms with Gasteiger partial charge >= 0.3 is 0 Å². The van der Waals surface area contributed by atoms with Gasteiger partial charge in [0.1, 0.15) is 29.5 Å². The van der Waals surface area contributed by atoms with Gasteiger partial charge in [-0.1, -0.05) is 12.1 Å². The van der Waals surface area contributed by atoms with E-state index >= 15 is 0 Å². The van der Waals surface area contributed by atoms with E-state index in [0.717, 1.165) is 11.3 Å². The van der Waals surface area contributed by atoms with Crippen molar-refractivity contribution < 1.29 is 23.7 Å². The summed E-state index contributed by atoms with van der Waals surface area (Å²) in [4.78, 5) is 0. The summed E-state index contributed by atoms with van der Waals surface area (Å²) in [7, 11) is 1.66. The van der Waals surface area contributed by atoms with Crippen LogP contribution in [0.4, 0.5) is 0 Å². The highest BCUT2D eigenvalue weighted by atomic mass is 32.2. The molecule has 0 bridgehead atoms. The number of ether oxygens (including phenoxy) is 5. The Bertz CT molecular complexity index is 547. The van der Waals surface area contributed by atoms with Gasteiger partial charge in [0.15, 0.2) is 5.79 Å². The normalized spacial score (nSPS) is 34.8. The number of rotatable bonds is 5. The van der Waals surface area contributed by atoms with E-state index in [1.54, 1.807) is 18.9 Å². The van der Waals surface area contributed by atoms with Gasteiger partial charge in [0.05, 0.1) is 19.8 Å². The fraction of sp³-hybridized carbons (Fsp3) is 0.667. The van der Waals surface area contributed by atoms with Gasteiger partial charge in [-0.3, -0.25) is 0 Å². The zero-order chi connectivity index (χ0) is 17.3. The lowest BCUT2D eigenvalue weighted by atomic mass is 10.0. The van der Waals surface area contributed by atoms with Crippen molar-refractivity contribution in [1.29, 1.82) is 0 Å². The third-order valence-corrected chi connectivity index (χ3v) is 5.24. The Hall–Kier alpha value is -0.790. The standard InChI is InChI=1S/C18H26O5S/c1-11-14-15(23-18(2,3)22-14)16(17(21-11)24-5)20-10-12-6-8-13(19-4)9-7-12/h6-9,11,14-17H,10H2,1-5H3/t11-,14+,15+,16-,17+/m0/s1. The molecule has 5 atom stereocenters. The summed E-state index contributed by atoms with van der Waals surface area (Å²) in [5, 5.41) is 0. The molecule has 0 unspecified atom stereocenters. The summed E-state index contributed by atoms with van der Waals surface area (Å²) in [6.07, 6.45) is 1.60. The first-order valence-electron chi connectivity index (χ1n) is 8.22. The van der Waals surface area contributed by atoms with Gasteiger partial charge in [0.25, 0.3) is 0 Å². The predicted molar refractivity (Wildman–Crippen MR) is 93.2 cm³/mol. The molecule has 0 radical (unpaired) electrons. The molecule has 0 amide bonds. The van der Waals surface area contributed by atoms with Gasteiger partial charge in [-0.05, 0) is 44.7 Å². The maximum absolute atomic E-state index is 6.21. The van der Waals surface area contributed by atoms with Gasteiger partial charge in [-0.2, -0.15) is 0 Å². The van der Waals surface area contributed by atoms with Crippen LogP contribution in [-0.2, 0) is 25.6 Å². The van der Waals surface area contributed by atoms with Crippen molar-refractivity contribution in [3.63, 3.8) is 0 Å². The Morgan fingerprint density at radius 1 is 1.12 bits per heavy atom. The lowest BCUT2D eigenvalue weighted by Gasteiger charge is -2.40. The molecule has 2 saturated heterocycles. The van der Waals surface area contributed by atoms with Crippen molar-refractivity contribution >= 4 is 11.8 Å². The van der Waals surface area contributed by atoms with Crippen molar-refractivity contribution in [2.24, 2.45) is 0 Å². The van der Waals surface area contributed by atoms with Crippen molar-refractivity contribution in [3.05, 3.63) is 29.8 Å². The van der Waals surface area contributed by atoms with E-state index in [1.165, 1.54) is 0 Å². The van der Waals surface area contributed by atoms with E-state index in [0.29, 0.717) is 6.61 Å². The second kappa shape index (κ2) is 7.22. The summed E-state index contributed by atoms with van der Waals surface area (Å²) in [6.45, 7) is 6.40. The minimum absolute atomic E-state index is 0.0185. The van der Waals surface area contributed by atoms with Crippen LogP contribution in [0.1, 0.15) is 26.3 Å². The van der Waals surface area contributed by atoms with Crippen molar-refractivity contribution in [3.8, 4) is 5.75 Å². The van der Waals surface area contributed by atoms with E-state index in [4.69, 9.17) is 23.7 Å². The molecule has 2 heterocycles. The van der Waals surface area contributed by atoms with Crippen LogP contribution in [0.25, 0.3) is 0 Å². The van der Waals surface area contributed by atoms with E-state index in [1.807, 2.05) is 51.3 Å². The average molecular weight is 354 g/mol. The predicted octanol–water partition coefficient (Wildman–Crippen LogP) is 3.21. The third kappa shape index (κ3) is 3.73. The first-order valence-corrected chi connectivity index (χ1v) is 9.51. The first kappa shape index (κ1) is 18.0. The molecule has 0 aliphatic carbocycles. The highest BCUT2D eigenvalue weighted by Crippen LogP contribution is 2.40.